The number of hydrogen-bond acceptors (Lipinski definition) is 3. The molecule has 1 aliphatic heterocycles. The maximum atomic E-state index is 13.2. The van der Waals surface area contributed by atoms with Crippen molar-refractivity contribution < 1.29 is 27.5 Å². The summed E-state index contributed by atoms with van der Waals surface area (Å²) in [5.41, 5.74) is -1.02. The van der Waals surface area contributed by atoms with Crippen LogP contribution in [0.3, 0.4) is 0 Å². The molecule has 0 unspecified atom stereocenters. The van der Waals surface area contributed by atoms with Gasteiger partial charge in [-0.25, -0.2) is 9.59 Å². The molecular weight excluding hydrogens is 313 g/mol. The van der Waals surface area contributed by atoms with Crippen molar-refractivity contribution in [3.8, 4) is 0 Å². The van der Waals surface area contributed by atoms with Crippen molar-refractivity contribution in [1.29, 1.82) is 0 Å². The van der Waals surface area contributed by atoms with Gasteiger partial charge in [0.1, 0.15) is 0 Å². The van der Waals surface area contributed by atoms with Gasteiger partial charge in [-0.2, -0.15) is 13.2 Å². The van der Waals surface area contributed by atoms with Crippen molar-refractivity contribution in [3.05, 3.63) is 46.7 Å². The minimum absolute atomic E-state index is 0.0526. The molecule has 0 aromatic heterocycles. The first kappa shape index (κ1) is 16.9. The van der Waals surface area contributed by atoms with E-state index in [0.29, 0.717) is 0 Å². The molecule has 0 aliphatic carbocycles. The number of halogens is 3. The average molecular weight is 328 g/mol. The van der Waals surface area contributed by atoms with E-state index in [4.69, 9.17) is 4.74 Å². The zero-order valence-corrected chi connectivity index (χ0v) is 12.5. The number of allylic oxidation sites excluding steroid dienone is 1. The van der Waals surface area contributed by atoms with Gasteiger partial charge >= 0.3 is 18.2 Å². The van der Waals surface area contributed by atoms with Gasteiger partial charge in [0, 0.05) is 5.70 Å². The molecule has 1 aromatic carbocycles. The Morgan fingerprint density at radius 2 is 1.96 bits per heavy atom. The molecule has 2 rings (SSSR count). The van der Waals surface area contributed by atoms with E-state index < -0.39 is 29.8 Å². The van der Waals surface area contributed by atoms with Crippen LogP contribution >= 0.6 is 0 Å². The SMILES string of the molecule is CCOC(=O)C1=C(C)NC(=O)N[C@H]1c1ccccc1C(F)(F)F. The Kier molecular flexibility index (Phi) is 4.63. The maximum absolute atomic E-state index is 13.2. The fraction of sp³-hybridized carbons (Fsp3) is 0.333. The summed E-state index contributed by atoms with van der Waals surface area (Å²) in [7, 11) is 0. The van der Waals surface area contributed by atoms with E-state index in [9.17, 15) is 22.8 Å². The number of hydrogen-bond donors (Lipinski definition) is 2. The zero-order chi connectivity index (χ0) is 17.2. The largest absolute Gasteiger partial charge is 0.463 e. The second-order valence-corrected chi connectivity index (χ2v) is 4.88. The molecule has 1 aliphatic rings. The summed E-state index contributed by atoms with van der Waals surface area (Å²) in [6.07, 6.45) is -4.61. The van der Waals surface area contributed by atoms with E-state index in [2.05, 4.69) is 10.6 Å². The van der Waals surface area contributed by atoms with Gasteiger partial charge in [-0.3, -0.25) is 0 Å². The summed E-state index contributed by atoms with van der Waals surface area (Å²) in [5, 5.41) is 4.73. The molecule has 1 heterocycles. The van der Waals surface area contributed by atoms with Crippen molar-refractivity contribution in [2.75, 3.05) is 6.61 Å². The molecule has 1 aromatic rings. The average Bonchev–Trinajstić information content (AvgIpc) is 2.45. The lowest BCUT2D eigenvalue weighted by molar-refractivity contribution is -0.141. The number of nitrogens with one attached hydrogen (secondary N) is 2. The lowest BCUT2D eigenvalue weighted by Crippen LogP contribution is -2.45. The number of benzene rings is 1. The Morgan fingerprint density at radius 3 is 2.57 bits per heavy atom. The Bertz CT molecular complexity index is 668. The second-order valence-electron chi connectivity index (χ2n) is 4.88. The highest BCUT2D eigenvalue weighted by Gasteiger charge is 2.39. The topological polar surface area (TPSA) is 67.4 Å². The Labute approximate surface area is 130 Å². The first-order valence-corrected chi connectivity index (χ1v) is 6.87. The predicted octanol–water partition coefficient (Wildman–Crippen LogP) is 2.90. The van der Waals surface area contributed by atoms with Crippen LogP contribution in [0, 0.1) is 0 Å². The summed E-state index contributed by atoms with van der Waals surface area (Å²) in [4.78, 5) is 23.8. The predicted molar refractivity (Wildman–Crippen MR) is 75.2 cm³/mol. The molecule has 2 amide bonds. The molecule has 0 saturated heterocycles. The monoisotopic (exact) mass is 328 g/mol. The number of urea groups is 1. The van der Waals surface area contributed by atoms with Crippen LogP contribution in [0.2, 0.25) is 0 Å². The van der Waals surface area contributed by atoms with Gasteiger partial charge in [-0.1, -0.05) is 18.2 Å². The van der Waals surface area contributed by atoms with Crippen molar-refractivity contribution in [3.63, 3.8) is 0 Å². The smallest absolute Gasteiger partial charge is 0.416 e. The lowest BCUT2D eigenvalue weighted by Gasteiger charge is -2.29. The van der Waals surface area contributed by atoms with Gasteiger partial charge in [0.15, 0.2) is 0 Å². The Morgan fingerprint density at radius 1 is 1.30 bits per heavy atom. The Balaban J connectivity index is 2.58. The van der Waals surface area contributed by atoms with E-state index in [1.54, 1.807) is 6.92 Å². The van der Waals surface area contributed by atoms with Crippen LogP contribution in [0.1, 0.15) is 31.0 Å². The summed E-state index contributed by atoms with van der Waals surface area (Å²) in [6, 6.07) is 2.87. The van der Waals surface area contributed by atoms with Crippen molar-refractivity contribution in [2.45, 2.75) is 26.1 Å². The number of ether oxygens (including phenoxy) is 1. The van der Waals surface area contributed by atoms with Crippen molar-refractivity contribution in [2.24, 2.45) is 0 Å². The summed E-state index contributed by atoms with van der Waals surface area (Å²) < 4.78 is 44.5. The minimum Gasteiger partial charge on any atom is -0.463 e. The van der Waals surface area contributed by atoms with Gasteiger partial charge < -0.3 is 15.4 Å². The lowest BCUT2D eigenvalue weighted by atomic mass is 9.91. The molecule has 5 nitrogen and oxygen atoms in total. The van der Waals surface area contributed by atoms with E-state index in [0.717, 1.165) is 6.07 Å². The normalized spacial score (nSPS) is 18.3. The van der Waals surface area contributed by atoms with Crippen LogP contribution in [-0.2, 0) is 15.7 Å². The van der Waals surface area contributed by atoms with Crippen LogP contribution in [-0.4, -0.2) is 18.6 Å². The third-order valence-corrected chi connectivity index (χ3v) is 3.34. The van der Waals surface area contributed by atoms with Crippen molar-refractivity contribution >= 4 is 12.0 Å². The van der Waals surface area contributed by atoms with Gasteiger partial charge in [0.25, 0.3) is 0 Å². The van der Waals surface area contributed by atoms with Crippen molar-refractivity contribution in [1.82, 2.24) is 10.6 Å². The second kappa shape index (κ2) is 6.31. The number of amides is 2. The van der Waals surface area contributed by atoms with Gasteiger partial charge in [0.2, 0.25) is 0 Å². The third kappa shape index (κ3) is 3.46. The fourth-order valence-corrected chi connectivity index (χ4v) is 2.41. The molecule has 1 atom stereocenters. The quantitative estimate of drug-likeness (QED) is 0.839. The van der Waals surface area contributed by atoms with Crippen LogP contribution in [0.25, 0.3) is 0 Å². The van der Waals surface area contributed by atoms with Gasteiger partial charge in [0.05, 0.1) is 23.8 Å². The molecule has 124 valence electrons. The number of carbonyl (C=O) groups is 2. The van der Waals surface area contributed by atoms with Crippen LogP contribution in [0.4, 0.5) is 18.0 Å². The van der Waals surface area contributed by atoms with E-state index in [-0.39, 0.29) is 23.4 Å². The molecule has 0 saturated carbocycles. The maximum Gasteiger partial charge on any atom is 0.416 e. The fourth-order valence-electron chi connectivity index (χ4n) is 2.41. The van der Waals surface area contributed by atoms with E-state index in [1.165, 1.54) is 25.1 Å². The zero-order valence-electron chi connectivity index (χ0n) is 12.5. The summed E-state index contributed by atoms with van der Waals surface area (Å²) in [6.45, 7) is 3.09. The summed E-state index contributed by atoms with van der Waals surface area (Å²) >= 11 is 0. The highest BCUT2D eigenvalue weighted by molar-refractivity contribution is 5.95. The van der Waals surface area contributed by atoms with Crippen LogP contribution in [0.15, 0.2) is 35.5 Å². The van der Waals surface area contributed by atoms with E-state index in [1.807, 2.05) is 0 Å². The molecule has 2 N–H and O–H groups in total. The third-order valence-electron chi connectivity index (χ3n) is 3.34. The molecule has 8 heteroatoms. The van der Waals surface area contributed by atoms with Crippen LogP contribution < -0.4 is 10.6 Å². The number of rotatable bonds is 3. The number of carbonyl (C=O) groups excluding carboxylic acids is 2. The minimum atomic E-state index is -4.61. The number of alkyl halides is 3. The first-order valence-electron chi connectivity index (χ1n) is 6.87. The molecule has 23 heavy (non-hydrogen) atoms. The molecule has 0 bridgehead atoms. The van der Waals surface area contributed by atoms with Gasteiger partial charge in [-0.05, 0) is 25.5 Å². The Hall–Kier alpha value is -2.51. The van der Waals surface area contributed by atoms with E-state index >= 15 is 0 Å². The first-order chi connectivity index (χ1) is 10.8. The molecular formula is C15H15F3N2O3. The molecule has 0 fully saturated rings. The van der Waals surface area contributed by atoms with Crippen LogP contribution in [0.5, 0.6) is 0 Å². The molecule has 0 radical (unpaired) electrons. The number of esters is 1. The van der Waals surface area contributed by atoms with Gasteiger partial charge in [-0.15, -0.1) is 0 Å². The summed E-state index contributed by atoms with van der Waals surface area (Å²) in [5.74, 6) is -0.778. The highest BCUT2D eigenvalue weighted by Crippen LogP contribution is 2.38. The standard InChI is InChI=1S/C15H15F3N2O3/c1-3-23-13(21)11-8(2)19-14(22)20-12(11)9-6-4-5-7-10(9)15(16,17)18/h4-7,12H,3H2,1-2H3,(H2,19,20,22)/t12-/m0/s1. The molecule has 0 spiro atoms. The highest BCUT2D eigenvalue weighted by atomic mass is 19.4.